The lowest BCUT2D eigenvalue weighted by molar-refractivity contribution is 0.612. The van der Waals surface area contributed by atoms with Gasteiger partial charge in [-0.15, -0.1) is 0 Å². The quantitative estimate of drug-likeness (QED) is 0.252. The molecule has 0 radical (unpaired) electrons. The average molecular weight is 449 g/mol. The van der Waals surface area contributed by atoms with Gasteiger partial charge in [-0.05, 0) is 39.0 Å². The lowest BCUT2D eigenvalue weighted by Gasteiger charge is -2.29. The zero-order valence-electron chi connectivity index (χ0n) is 19.7. The molecule has 0 saturated heterocycles. The molecule has 0 N–H and O–H groups in total. The summed E-state index contributed by atoms with van der Waals surface area (Å²) in [6.07, 6.45) is 0. The molecule has 0 amide bonds. The molecule has 0 heteroatoms. The molecule has 6 rings (SSSR count). The van der Waals surface area contributed by atoms with Crippen molar-refractivity contribution in [1.29, 1.82) is 0 Å². The summed E-state index contributed by atoms with van der Waals surface area (Å²) >= 11 is 0. The molecule has 2 atom stereocenters. The van der Waals surface area contributed by atoms with Crippen LogP contribution in [-0.4, -0.2) is 0 Å². The van der Waals surface area contributed by atoms with Gasteiger partial charge in [-0.3, -0.25) is 0 Å². The number of rotatable bonds is 5. The molecule has 168 valence electrons. The number of hydrogen-bond acceptors (Lipinski definition) is 0. The lowest BCUT2D eigenvalue weighted by atomic mass is 9.73. The van der Waals surface area contributed by atoms with Gasteiger partial charge in [0.25, 0.3) is 0 Å². The summed E-state index contributed by atoms with van der Waals surface area (Å²) in [6.45, 7) is 0. The molecule has 0 aromatic heterocycles. The molecule has 1 aliphatic carbocycles. The largest absolute Gasteiger partial charge is 0.0622 e. The molecule has 1 aliphatic rings. The van der Waals surface area contributed by atoms with Gasteiger partial charge in [0.15, 0.2) is 0 Å². The van der Waals surface area contributed by atoms with Crippen LogP contribution in [0.4, 0.5) is 0 Å². The van der Waals surface area contributed by atoms with Gasteiger partial charge < -0.3 is 0 Å². The van der Waals surface area contributed by atoms with Gasteiger partial charge in [0.05, 0.1) is 0 Å². The molecule has 0 nitrogen and oxygen atoms in total. The van der Waals surface area contributed by atoms with Gasteiger partial charge in [0.2, 0.25) is 0 Å². The minimum atomic E-state index is 0.237. The maximum Gasteiger partial charge on any atom is 0.0176 e. The van der Waals surface area contributed by atoms with Gasteiger partial charge in [-0.1, -0.05) is 152 Å². The maximum atomic E-state index is 2.31. The fourth-order valence-corrected chi connectivity index (χ4v) is 5.92. The summed E-state index contributed by atoms with van der Waals surface area (Å²) < 4.78 is 0. The predicted octanol–water partition coefficient (Wildman–Crippen LogP) is 8.96. The van der Waals surface area contributed by atoms with Crippen molar-refractivity contribution in [2.75, 3.05) is 0 Å². The highest BCUT2D eigenvalue weighted by Gasteiger charge is 2.45. The highest BCUT2D eigenvalue weighted by molar-refractivity contribution is 6.00. The zero-order chi connectivity index (χ0) is 23.5. The average Bonchev–Trinajstić information content (AvgIpc) is 3.32. The summed E-state index contributed by atoms with van der Waals surface area (Å²) in [6, 6.07) is 55.3. The van der Waals surface area contributed by atoms with E-state index in [1.165, 1.54) is 39.0 Å². The van der Waals surface area contributed by atoms with E-state index in [0.29, 0.717) is 0 Å². The van der Waals surface area contributed by atoms with Crippen LogP contribution in [0, 0.1) is 0 Å². The van der Waals surface area contributed by atoms with Crippen molar-refractivity contribution in [3.63, 3.8) is 0 Å². The Balaban J connectivity index is 1.72. The first-order valence-electron chi connectivity index (χ1n) is 12.4. The maximum absolute atomic E-state index is 2.31. The molecule has 0 bridgehead atoms. The number of allylic oxidation sites excluding steroid dienone is 2. The second-order valence-electron chi connectivity index (χ2n) is 9.27. The molecule has 5 aromatic rings. The van der Waals surface area contributed by atoms with Gasteiger partial charge in [-0.25, -0.2) is 0 Å². The third-order valence-electron chi connectivity index (χ3n) is 7.30. The third-order valence-corrected chi connectivity index (χ3v) is 7.30. The molecular weight excluding hydrogens is 420 g/mol. The Kier molecular flexibility index (Phi) is 5.87. The van der Waals surface area contributed by atoms with E-state index in [9.17, 15) is 0 Å². The van der Waals surface area contributed by atoms with E-state index in [1.54, 1.807) is 0 Å². The number of benzene rings is 5. The van der Waals surface area contributed by atoms with E-state index in [0.717, 1.165) is 0 Å². The highest BCUT2D eigenvalue weighted by atomic mass is 14.5. The van der Waals surface area contributed by atoms with Crippen LogP contribution in [0.25, 0.3) is 11.1 Å². The van der Waals surface area contributed by atoms with Crippen molar-refractivity contribution in [1.82, 2.24) is 0 Å². The molecule has 35 heavy (non-hydrogen) atoms. The second-order valence-corrected chi connectivity index (χ2v) is 9.27. The van der Waals surface area contributed by atoms with E-state index in [4.69, 9.17) is 0 Å². The first-order chi connectivity index (χ1) is 17.4. The molecule has 0 heterocycles. The Morgan fingerprint density at radius 3 is 0.914 bits per heavy atom. The lowest BCUT2D eigenvalue weighted by Crippen LogP contribution is -2.14. The monoisotopic (exact) mass is 448 g/mol. The van der Waals surface area contributed by atoms with Crippen LogP contribution in [0.3, 0.4) is 0 Å². The first kappa shape index (κ1) is 21.4. The van der Waals surface area contributed by atoms with E-state index >= 15 is 0 Å². The number of hydrogen-bond donors (Lipinski definition) is 0. The van der Waals surface area contributed by atoms with Crippen LogP contribution >= 0.6 is 0 Å². The van der Waals surface area contributed by atoms with E-state index < -0.39 is 0 Å². The van der Waals surface area contributed by atoms with E-state index in [1.807, 2.05) is 0 Å². The van der Waals surface area contributed by atoms with Crippen LogP contribution in [-0.2, 0) is 0 Å². The topological polar surface area (TPSA) is 0 Å². The summed E-state index contributed by atoms with van der Waals surface area (Å²) in [4.78, 5) is 0. The van der Waals surface area contributed by atoms with E-state index in [2.05, 4.69) is 152 Å². The predicted molar refractivity (Wildman–Crippen MR) is 147 cm³/mol. The van der Waals surface area contributed by atoms with Crippen molar-refractivity contribution in [2.45, 2.75) is 17.8 Å². The fraction of sp³-hybridized carbons (Fsp3) is 0.0857. The van der Waals surface area contributed by atoms with Crippen LogP contribution in [0.5, 0.6) is 0 Å². The summed E-state index contributed by atoms with van der Waals surface area (Å²) in [7, 11) is 0. The van der Waals surface area contributed by atoms with Gasteiger partial charge in [-0.2, -0.15) is 0 Å². The van der Waals surface area contributed by atoms with Crippen LogP contribution < -0.4 is 0 Å². The Morgan fingerprint density at radius 2 is 0.571 bits per heavy atom. The first-order valence-corrected chi connectivity index (χ1v) is 12.4. The van der Waals surface area contributed by atoms with Gasteiger partial charge in [0, 0.05) is 17.8 Å². The summed E-state index contributed by atoms with van der Waals surface area (Å²) in [5.74, 6) is 0.759. The van der Waals surface area contributed by atoms with Crippen LogP contribution in [0.1, 0.15) is 45.6 Å². The molecule has 0 saturated carbocycles. The molecule has 5 aromatic carbocycles. The van der Waals surface area contributed by atoms with Crippen molar-refractivity contribution in [3.05, 3.63) is 179 Å². The summed E-state index contributed by atoms with van der Waals surface area (Å²) in [5.41, 5.74) is 9.60. The van der Waals surface area contributed by atoms with Crippen molar-refractivity contribution in [3.8, 4) is 0 Å². The Morgan fingerprint density at radius 1 is 0.286 bits per heavy atom. The molecule has 0 aliphatic heterocycles. The Hall–Kier alpha value is -4.16. The molecule has 0 spiro atoms. The smallest absolute Gasteiger partial charge is 0.0176 e. The van der Waals surface area contributed by atoms with E-state index in [-0.39, 0.29) is 17.8 Å². The molecule has 0 unspecified atom stereocenters. The van der Waals surface area contributed by atoms with Crippen LogP contribution in [0.2, 0.25) is 0 Å². The highest BCUT2D eigenvalue weighted by Crippen LogP contribution is 2.62. The Bertz CT molecular complexity index is 1310. The van der Waals surface area contributed by atoms with Crippen molar-refractivity contribution < 1.29 is 0 Å². The Labute approximate surface area is 208 Å². The molecular formula is C35H28. The van der Waals surface area contributed by atoms with Gasteiger partial charge >= 0.3 is 0 Å². The second kappa shape index (κ2) is 9.60. The zero-order valence-corrected chi connectivity index (χ0v) is 19.7. The molecule has 0 fully saturated rings. The SMILES string of the molecule is c1ccc(C2=C(c3ccccc3)[C@@H](c3ccccc3)C(c3ccccc3)[C@@H]2c2ccccc2)cc1. The minimum Gasteiger partial charge on any atom is -0.0622 e. The normalized spacial score (nSPS) is 18.1. The van der Waals surface area contributed by atoms with Crippen molar-refractivity contribution in [2.24, 2.45) is 0 Å². The fourth-order valence-electron chi connectivity index (χ4n) is 5.92. The standard InChI is InChI=1S/C35H28/c1-6-16-26(17-7-1)31-32(27-18-8-2-9-19-27)34(29-22-12-4-13-23-29)35(30-24-14-5-15-25-30)33(31)28-20-10-3-11-21-28/h1-25,31-33H/t32-,33-/m0/s1. The minimum absolute atomic E-state index is 0.237. The van der Waals surface area contributed by atoms with Crippen molar-refractivity contribution >= 4 is 11.1 Å². The van der Waals surface area contributed by atoms with Crippen LogP contribution in [0.15, 0.2) is 152 Å². The summed E-state index contributed by atoms with van der Waals surface area (Å²) in [5, 5.41) is 0. The van der Waals surface area contributed by atoms with Gasteiger partial charge in [0.1, 0.15) is 0 Å². The third kappa shape index (κ3) is 4.02.